The van der Waals surface area contributed by atoms with Crippen molar-refractivity contribution < 1.29 is 4.43 Å². The second-order valence-electron chi connectivity index (χ2n) is 6.05. The molecule has 2 aliphatic carbocycles. The second-order valence-corrected chi connectivity index (χ2v) is 7.81. The lowest BCUT2D eigenvalue weighted by molar-refractivity contribution is 0.260. The highest BCUT2D eigenvalue weighted by molar-refractivity contribution is 6.46. The molecule has 5 heteroatoms. The van der Waals surface area contributed by atoms with Crippen LogP contribution in [0.3, 0.4) is 0 Å². The maximum atomic E-state index is 6.00. The minimum absolute atomic E-state index is 0.663. The Morgan fingerprint density at radius 2 is 1.32 bits per heavy atom. The highest BCUT2D eigenvalue weighted by atomic mass is 28.3. The van der Waals surface area contributed by atoms with E-state index in [1.165, 1.54) is 64.2 Å². The second kappa shape index (κ2) is 9.08. The Morgan fingerprint density at radius 3 is 1.74 bits per heavy atom. The SMILES string of the molecule is CNCO[SiH](NC1CCCCC1)NC1CCCCC1. The Bertz CT molecular complexity index is 211. The molecule has 0 aromatic carbocycles. The molecule has 0 amide bonds. The third-order valence-corrected chi connectivity index (χ3v) is 6.43. The summed E-state index contributed by atoms with van der Waals surface area (Å²) >= 11 is 0. The van der Waals surface area contributed by atoms with E-state index in [1.54, 1.807) is 0 Å². The Hall–Kier alpha value is 0.0569. The molecular weight excluding hydrogens is 254 g/mol. The van der Waals surface area contributed by atoms with E-state index >= 15 is 0 Å². The summed E-state index contributed by atoms with van der Waals surface area (Å²) in [6, 6.07) is 1.39. The number of nitrogens with one attached hydrogen (secondary N) is 3. The van der Waals surface area contributed by atoms with Crippen LogP contribution >= 0.6 is 0 Å². The molecule has 0 saturated heterocycles. The molecule has 0 unspecified atom stereocenters. The van der Waals surface area contributed by atoms with Crippen molar-refractivity contribution in [2.45, 2.75) is 76.3 Å². The van der Waals surface area contributed by atoms with Crippen LogP contribution in [0.4, 0.5) is 0 Å². The minimum Gasteiger partial charge on any atom is -0.381 e. The molecule has 0 aliphatic heterocycles. The zero-order valence-corrected chi connectivity index (χ0v) is 13.6. The van der Waals surface area contributed by atoms with Crippen LogP contribution in [0.1, 0.15) is 64.2 Å². The first-order valence-electron chi connectivity index (χ1n) is 8.17. The van der Waals surface area contributed by atoms with Crippen LogP contribution in [-0.4, -0.2) is 35.2 Å². The van der Waals surface area contributed by atoms with Crippen molar-refractivity contribution in [1.29, 1.82) is 0 Å². The van der Waals surface area contributed by atoms with E-state index < -0.39 is 9.36 Å². The minimum atomic E-state index is -1.46. The number of hydrogen-bond donors (Lipinski definition) is 3. The van der Waals surface area contributed by atoms with Gasteiger partial charge in [-0.15, -0.1) is 0 Å². The predicted molar refractivity (Wildman–Crippen MR) is 82.2 cm³/mol. The Balaban J connectivity index is 1.75. The maximum Gasteiger partial charge on any atom is 0.336 e. The van der Waals surface area contributed by atoms with Gasteiger partial charge < -0.3 is 14.4 Å². The first kappa shape index (κ1) is 15.4. The van der Waals surface area contributed by atoms with Crippen LogP contribution < -0.4 is 15.3 Å². The van der Waals surface area contributed by atoms with Gasteiger partial charge in [-0.3, -0.25) is 5.32 Å². The topological polar surface area (TPSA) is 45.3 Å². The summed E-state index contributed by atoms with van der Waals surface area (Å²) in [5, 5.41) is 3.11. The highest BCUT2D eigenvalue weighted by Gasteiger charge is 2.23. The summed E-state index contributed by atoms with van der Waals surface area (Å²) < 4.78 is 6.00. The van der Waals surface area contributed by atoms with E-state index in [-0.39, 0.29) is 0 Å². The maximum absolute atomic E-state index is 6.00. The van der Waals surface area contributed by atoms with E-state index in [4.69, 9.17) is 4.43 Å². The van der Waals surface area contributed by atoms with Gasteiger partial charge in [0.15, 0.2) is 0 Å². The first-order chi connectivity index (χ1) is 9.38. The van der Waals surface area contributed by atoms with E-state index in [9.17, 15) is 0 Å². The molecule has 112 valence electrons. The smallest absolute Gasteiger partial charge is 0.336 e. The van der Waals surface area contributed by atoms with Crippen molar-refractivity contribution in [3.8, 4) is 0 Å². The molecule has 0 aromatic heterocycles. The van der Waals surface area contributed by atoms with Crippen molar-refractivity contribution in [2.24, 2.45) is 0 Å². The van der Waals surface area contributed by atoms with Crippen LogP contribution in [-0.2, 0) is 4.43 Å². The molecule has 0 heterocycles. The van der Waals surface area contributed by atoms with Crippen LogP contribution in [0.2, 0.25) is 0 Å². The van der Waals surface area contributed by atoms with Crippen molar-refractivity contribution in [3.05, 3.63) is 0 Å². The molecule has 0 radical (unpaired) electrons. The average molecular weight is 286 g/mol. The lowest BCUT2D eigenvalue weighted by atomic mass is 9.96. The van der Waals surface area contributed by atoms with Crippen LogP contribution in [0, 0.1) is 0 Å². The lowest BCUT2D eigenvalue weighted by Crippen LogP contribution is -2.58. The van der Waals surface area contributed by atoms with Crippen LogP contribution in [0.15, 0.2) is 0 Å². The fourth-order valence-electron chi connectivity index (χ4n) is 3.28. The summed E-state index contributed by atoms with van der Waals surface area (Å²) in [4.78, 5) is 7.61. The standard InChI is InChI=1S/C14H31N3OSi/c1-15-12-18-19(16-13-8-4-2-5-9-13)17-14-10-6-3-7-11-14/h13-17,19H,2-12H2,1H3. The molecule has 19 heavy (non-hydrogen) atoms. The molecule has 2 rings (SSSR count). The van der Waals surface area contributed by atoms with E-state index in [0.29, 0.717) is 18.8 Å². The van der Waals surface area contributed by atoms with Gasteiger partial charge in [-0.25, -0.2) is 0 Å². The fraction of sp³-hybridized carbons (Fsp3) is 1.00. The Morgan fingerprint density at radius 1 is 0.842 bits per heavy atom. The van der Waals surface area contributed by atoms with Crippen molar-refractivity contribution in [2.75, 3.05) is 13.8 Å². The van der Waals surface area contributed by atoms with Gasteiger partial charge >= 0.3 is 9.36 Å². The quantitative estimate of drug-likeness (QED) is 0.492. The van der Waals surface area contributed by atoms with E-state index in [1.807, 2.05) is 7.05 Å². The van der Waals surface area contributed by atoms with Gasteiger partial charge in [0.05, 0.1) is 6.73 Å². The zero-order chi connectivity index (χ0) is 13.3. The van der Waals surface area contributed by atoms with Gasteiger partial charge in [0.2, 0.25) is 0 Å². The van der Waals surface area contributed by atoms with Gasteiger partial charge in [0.1, 0.15) is 0 Å². The average Bonchev–Trinajstić information content (AvgIpc) is 2.47. The molecule has 0 bridgehead atoms. The van der Waals surface area contributed by atoms with E-state index in [0.717, 1.165) is 0 Å². The summed E-state index contributed by atoms with van der Waals surface area (Å²) in [7, 11) is 0.491. The fourth-order valence-corrected chi connectivity index (χ4v) is 5.42. The molecule has 0 spiro atoms. The largest absolute Gasteiger partial charge is 0.381 e. The van der Waals surface area contributed by atoms with E-state index in [2.05, 4.69) is 15.3 Å². The lowest BCUT2D eigenvalue weighted by Gasteiger charge is -2.31. The molecule has 2 aliphatic rings. The molecular formula is C14H31N3OSi. The predicted octanol–water partition coefficient (Wildman–Crippen LogP) is 1.74. The Kier molecular flexibility index (Phi) is 7.38. The summed E-state index contributed by atoms with van der Waals surface area (Å²) in [6.45, 7) is 0.663. The number of hydrogen-bond acceptors (Lipinski definition) is 4. The molecule has 2 saturated carbocycles. The van der Waals surface area contributed by atoms with Gasteiger partial charge in [-0.2, -0.15) is 0 Å². The monoisotopic (exact) mass is 285 g/mol. The summed E-state index contributed by atoms with van der Waals surface area (Å²) in [5.41, 5.74) is 0. The molecule has 0 aromatic rings. The Labute approximate surface area is 119 Å². The molecule has 4 nitrogen and oxygen atoms in total. The van der Waals surface area contributed by atoms with Gasteiger partial charge in [-0.1, -0.05) is 38.5 Å². The van der Waals surface area contributed by atoms with Crippen LogP contribution in [0.25, 0.3) is 0 Å². The first-order valence-corrected chi connectivity index (χ1v) is 9.79. The summed E-state index contributed by atoms with van der Waals surface area (Å²) in [6.07, 6.45) is 13.7. The van der Waals surface area contributed by atoms with Crippen LogP contribution in [0.5, 0.6) is 0 Å². The third kappa shape index (κ3) is 5.91. The summed E-state index contributed by atoms with van der Waals surface area (Å²) in [5.74, 6) is 0. The van der Waals surface area contributed by atoms with Gasteiger partial charge in [0.25, 0.3) is 0 Å². The molecule has 3 N–H and O–H groups in total. The molecule has 0 atom stereocenters. The zero-order valence-electron chi connectivity index (χ0n) is 12.4. The third-order valence-electron chi connectivity index (χ3n) is 4.38. The van der Waals surface area contributed by atoms with Crippen molar-refractivity contribution in [1.82, 2.24) is 15.3 Å². The van der Waals surface area contributed by atoms with Crippen molar-refractivity contribution >= 4 is 9.36 Å². The normalized spacial score (nSPS) is 23.1. The number of rotatable bonds is 7. The van der Waals surface area contributed by atoms with Crippen molar-refractivity contribution in [3.63, 3.8) is 0 Å². The van der Waals surface area contributed by atoms with Gasteiger partial charge in [0, 0.05) is 12.1 Å². The molecule has 2 fully saturated rings. The van der Waals surface area contributed by atoms with Gasteiger partial charge in [-0.05, 0) is 32.7 Å². The highest BCUT2D eigenvalue weighted by Crippen LogP contribution is 2.19.